The summed E-state index contributed by atoms with van der Waals surface area (Å²) in [5.74, 6) is 2.54. The van der Waals surface area contributed by atoms with E-state index in [0.717, 1.165) is 53.9 Å². The Balaban J connectivity index is 0.00000272. The first-order valence-corrected chi connectivity index (χ1v) is 11.5. The second kappa shape index (κ2) is 11.3. The highest BCUT2D eigenvalue weighted by Gasteiger charge is 2.20. The quantitative estimate of drug-likeness (QED) is 0.272. The lowest BCUT2D eigenvalue weighted by atomic mass is 9.97. The average Bonchev–Trinajstić information content (AvgIpc) is 3.34. The van der Waals surface area contributed by atoms with Gasteiger partial charge in [0.25, 0.3) is 0 Å². The van der Waals surface area contributed by atoms with Gasteiger partial charge in [0.1, 0.15) is 11.3 Å². The van der Waals surface area contributed by atoms with Crippen molar-refractivity contribution in [2.24, 2.45) is 10.9 Å². The minimum absolute atomic E-state index is 0. The second-order valence-corrected chi connectivity index (χ2v) is 9.17. The Labute approximate surface area is 205 Å². The van der Waals surface area contributed by atoms with Crippen molar-refractivity contribution in [3.63, 3.8) is 0 Å². The van der Waals surface area contributed by atoms with E-state index in [1.54, 1.807) is 11.3 Å². The number of furan rings is 1. The third kappa shape index (κ3) is 6.43. The van der Waals surface area contributed by atoms with Crippen molar-refractivity contribution in [2.45, 2.75) is 32.9 Å². The van der Waals surface area contributed by atoms with Crippen LogP contribution in [0.15, 0.2) is 45.1 Å². The highest BCUT2D eigenvalue weighted by molar-refractivity contribution is 14.0. The Morgan fingerprint density at radius 3 is 2.77 bits per heavy atom. The van der Waals surface area contributed by atoms with Crippen molar-refractivity contribution in [3.8, 4) is 0 Å². The van der Waals surface area contributed by atoms with E-state index in [0.29, 0.717) is 12.5 Å². The van der Waals surface area contributed by atoms with E-state index in [2.05, 4.69) is 56.6 Å². The van der Waals surface area contributed by atoms with Gasteiger partial charge in [-0.2, -0.15) is 0 Å². The number of piperidine rings is 1. The van der Waals surface area contributed by atoms with E-state index >= 15 is 0 Å². The van der Waals surface area contributed by atoms with Crippen LogP contribution in [-0.2, 0) is 13.1 Å². The molecule has 1 N–H and O–H groups in total. The van der Waals surface area contributed by atoms with E-state index < -0.39 is 0 Å². The van der Waals surface area contributed by atoms with Crippen molar-refractivity contribution in [3.05, 3.63) is 52.2 Å². The zero-order valence-corrected chi connectivity index (χ0v) is 21.7. The largest absolute Gasteiger partial charge is 0.459 e. The fraction of sp³-hybridized carbons (Fsp3) is 0.478. The van der Waals surface area contributed by atoms with Gasteiger partial charge in [0, 0.05) is 38.0 Å². The predicted octanol–water partition coefficient (Wildman–Crippen LogP) is 4.74. The van der Waals surface area contributed by atoms with Crippen LogP contribution >= 0.6 is 35.3 Å². The Hall–Kier alpha value is -1.65. The van der Waals surface area contributed by atoms with Crippen LogP contribution in [0, 0.1) is 12.8 Å². The number of thiazole rings is 1. The maximum atomic E-state index is 5.96. The fourth-order valence-corrected chi connectivity index (χ4v) is 4.71. The van der Waals surface area contributed by atoms with Gasteiger partial charge in [-0.25, -0.2) is 4.98 Å². The van der Waals surface area contributed by atoms with Crippen molar-refractivity contribution in [1.82, 2.24) is 20.1 Å². The smallest absolute Gasteiger partial charge is 0.193 e. The SMILES string of the molecule is CN=C(NCC1CCN(Cc2csc(C)n2)CC1)N(C)Cc1cc2ccccc2o1.I. The molecule has 0 atom stereocenters. The van der Waals surface area contributed by atoms with Gasteiger partial charge >= 0.3 is 0 Å². The molecule has 0 radical (unpaired) electrons. The lowest BCUT2D eigenvalue weighted by molar-refractivity contribution is 0.176. The third-order valence-corrected chi connectivity index (χ3v) is 6.57. The summed E-state index contributed by atoms with van der Waals surface area (Å²) in [5.41, 5.74) is 2.14. The molecule has 4 rings (SSSR count). The van der Waals surface area contributed by atoms with Gasteiger partial charge in [0.2, 0.25) is 0 Å². The Kier molecular flexibility index (Phi) is 8.74. The molecule has 3 aromatic rings. The van der Waals surface area contributed by atoms with Gasteiger partial charge in [-0.05, 0) is 50.9 Å². The van der Waals surface area contributed by atoms with Gasteiger partial charge in [-0.1, -0.05) is 18.2 Å². The number of aryl methyl sites for hydroxylation is 1. The Morgan fingerprint density at radius 2 is 2.10 bits per heavy atom. The number of fused-ring (bicyclic) bond motifs is 1. The van der Waals surface area contributed by atoms with Gasteiger partial charge < -0.3 is 14.6 Å². The molecule has 1 aromatic carbocycles. The topological polar surface area (TPSA) is 56.9 Å². The highest BCUT2D eigenvalue weighted by atomic mass is 127. The molecule has 6 nitrogen and oxygen atoms in total. The van der Waals surface area contributed by atoms with E-state index in [-0.39, 0.29) is 24.0 Å². The molecule has 2 aromatic heterocycles. The van der Waals surface area contributed by atoms with Crippen LogP contribution in [0.1, 0.15) is 29.3 Å². The van der Waals surface area contributed by atoms with Crippen LogP contribution in [0.5, 0.6) is 0 Å². The van der Waals surface area contributed by atoms with Crippen LogP contribution in [0.3, 0.4) is 0 Å². The summed E-state index contributed by atoms with van der Waals surface area (Å²) < 4.78 is 5.96. The first-order valence-electron chi connectivity index (χ1n) is 10.6. The standard InChI is InChI=1S/C23H31N5OS.HI/c1-17-26-20(16-30-17)14-28-10-8-18(9-11-28)13-25-23(24-2)27(3)15-21-12-19-6-4-5-7-22(19)29-21;/h4-7,12,16,18H,8-11,13-15H2,1-3H3,(H,24,25);1H. The average molecular weight is 554 g/mol. The summed E-state index contributed by atoms with van der Waals surface area (Å²) in [7, 11) is 3.90. The van der Waals surface area contributed by atoms with Gasteiger partial charge in [-0.3, -0.25) is 9.89 Å². The molecule has 0 saturated carbocycles. The molecule has 1 aliphatic heterocycles. The van der Waals surface area contributed by atoms with Crippen LogP contribution < -0.4 is 5.32 Å². The number of benzene rings is 1. The predicted molar refractivity (Wildman–Crippen MR) is 139 cm³/mol. The second-order valence-electron chi connectivity index (χ2n) is 8.11. The van der Waals surface area contributed by atoms with Crippen molar-refractivity contribution in [2.75, 3.05) is 33.7 Å². The van der Waals surface area contributed by atoms with E-state index in [9.17, 15) is 0 Å². The lowest BCUT2D eigenvalue weighted by Crippen LogP contribution is -2.43. The van der Waals surface area contributed by atoms with Crippen LogP contribution in [0.4, 0.5) is 0 Å². The van der Waals surface area contributed by atoms with Crippen molar-refractivity contribution in [1.29, 1.82) is 0 Å². The molecule has 1 aliphatic rings. The summed E-state index contributed by atoms with van der Waals surface area (Å²) >= 11 is 1.74. The minimum Gasteiger partial charge on any atom is -0.459 e. The molecule has 0 aliphatic carbocycles. The Bertz CT molecular complexity index is 960. The normalized spacial score (nSPS) is 15.8. The molecule has 3 heterocycles. The van der Waals surface area contributed by atoms with Gasteiger partial charge in [0.15, 0.2) is 5.96 Å². The summed E-state index contributed by atoms with van der Waals surface area (Å²) in [6, 6.07) is 10.2. The molecule has 8 heteroatoms. The summed E-state index contributed by atoms with van der Waals surface area (Å²) in [5, 5.41) is 8.05. The summed E-state index contributed by atoms with van der Waals surface area (Å²) in [6.07, 6.45) is 2.42. The monoisotopic (exact) mass is 553 g/mol. The number of rotatable bonds is 6. The zero-order chi connectivity index (χ0) is 20.9. The number of halogens is 1. The molecular weight excluding hydrogens is 521 g/mol. The van der Waals surface area contributed by atoms with Crippen LogP contribution in [0.25, 0.3) is 11.0 Å². The molecule has 31 heavy (non-hydrogen) atoms. The summed E-state index contributed by atoms with van der Waals surface area (Å²) in [6.45, 7) is 6.98. The number of guanidine groups is 1. The fourth-order valence-electron chi connectivity index (χ4n) is 4.10. The number of likely N-dealkylation sites (tertiary alicyclic amines) is 1. The molecule has 1 saturated heterocycles. The van der Waals surface area contributed by atoms with Crippen molar-refractivity contribution >= 4 is 52.2 Å². The third-order valence-electron chi connectivity index (χ3n) is 5.75. The van der Waals surface area contributed by atoms with E-state index in [1.807, 2.05) is 25.2 Å². The number of nitrogens with zero attached hydrogens (tertiary/aromatic N) is 4. The number of hydrogen-bond acceptors (Lipinski definition) is 5. The maximum absolute atomic E-state index is 5.96. The molecule has 168 valence electrons. The lowest BCUT2D eigenvalue weighted by Gasteiger charge is -2.32. The van der Waals surface area contributed by atoms with Gasteiger partial charge in [0.05, 0.1) is 17.2 Å². The number of para-hydroxylation sites is 1. The van der Waals surface area contributed by atoms with Crippen LogP contribution in [0.2, 0.25) is 0 Å². The van der Waals surface area contributed by atoms with Crippen molar-refractivity contribution < 1.29 is 4.42 Å². The van der Waals surface area contributed by atoms with Gasteiger partial charge in [-0.15, -0.1) is 35.3 Å². The number of aliphatic imine (C=N–C) groups is 1. The molecule has 1 fully saturated rings. The summed E-state index contributed by atoms with van der Waals surface area (Å²) in [4.78, 5) is 13.7. The van der Waals surface area contributed by atoms with E-state index in [1.165, 1.54) is 18.5 Å². The minimum atomic E-state index is 0. The van der Waals surface area contributed by atoms with Crippen LogP contribution in [-0.4, -0.2) is 54.5 Å². The molecule has 0 unspecified atom stereocenters. The number of hydrogen-bond donors (Lipinski definition) is 1. The number of nitrogens with one attached hydrogen (secondary N) is 1. The van der Waals surface area contributed by atoms with E-state index in [4.69, 9.17) is 4.42 Å². The molecule has 0 amide bonds. The molecule has 0 bridgehead atoms. The Morgan fingerprint density at radius 1 is 1.32 bits per heavy atom. The zero-order valence-electron chi connectivity index (χ0n) is 18.5. The first kappa shape index (κ1) is 24.0. The highest BCUT2D eigenvalue weighted by Crippen LogP contribution is 2.21. The first-order chi connectivity index (χ1) is 14.6. The number of aromatic nitrogens is 1. The maximum Gasteiger partial charge on any atom is 0.193 e. The molecular formula is C23H32IN5OS. The molecule has 0 spiro atoms.